The summed E-state index contributed by atoms with van der Waals surface area (Å²) in [5.74, 6) is 0.218. The third kappa shape index (κ3) is 5.69. The van der Waals surface area contributed by atoms with Gasteiger partial charge >= 0.3 is 0 Å². The summed E-state index contributed by atoms with van der Waals surface area (Å²) in [6, 6.07) is 25.1. The molecule has 1 heterocycles. The SMILES string of the molecule is O=C(Nc1ccc(/C(=C(/CCCO)c2ccccc2)c2ccc(O)cc2)cc1)C1CCCN1. The van der Waals surface area contributed by atoms with Crippen molar-refractivity contribution in [2.45, 2.75) is 31.7 Å². The zero-order valence-electron chi connectivity index (χ0n) is 18.6. The lowest BCUT2D eigenvalue weighted by molar-refractivity contribution is -0.117. The van der Waals surface area contributed by atoms with Gasteiger partial charge in [-0.15, -0.1) is 0 Å². The van der Waals surface area contributed by atoms with E-state index in [4.69, 9.17) is 0 Å². The number of carbonyl (C=O) groups excluding carboxylic acids is 1. The largest absolute Gasteiger partial charge is 0.508 e. The number of phenolic OH excluding ortho intramolecular Hbond substituents is 1. The molecule has 0 saturated carbocycles. The van der Waals surface area contributed by atoms with E-state index in [-0.39, 0.29) is 24.3 Å². The molecule has 0 aliphatic carbocycles. The van der Waals surface area contributed by atoms with Crippen molar-refractivity contribution in [1.82, 2.24) is 5.32 Å². The van der Waals surface area contributed by atoms with Gasteiger partial charge in [-0.2, -0.15) is 0 Å². The van der Waals surface area contributed by atoms with Gasteiger partial charge in [-0.05, 0) is 84.3 Å². The van der Waals surface area contributed by atoms with Crippen LogP contribution in [-0.4, -0.2) is 35.3 Å². The van der Waals surface area contributed by atoms with Gasteiger partial charge in [0.2, 0.25) is 5.91 Å². The van der Waals surface area contributed by atoms with Gasteiger partial charge in [0.15, 0.2) is 0 Å². The van der Waals surface area contributed by atoms with Crippen LogP contribution in [0.15, 0.2) is 78.9 Å². The van der Waals surface area contributed by atoms with Crippen molar-refractivity contribution in [3.8, 4) is 5.75 Å². The van der Waals surface area contributed by atoms with Crippen LogP contribution in [0.5, 0.6) is 5.75 Å². The number of allylic oxidation sites excluding steroid dienone is 1. The molecule has 0 bridgehead atoms. The minimum Gasteiger partial charge on any atom is -0.508 e. The van der Waals surface area contributed by atoms with Crippen LogP contribution >= 0.6 is 0 Å². The smallest absolute Gasteiger partial charge is 0.241 e. The highest BCUT2D eigenvalue weighted by atomic mass is 16.3. The molecule has 4 rings (SSSR count). The number of aromatic hydroxyl groups is 1. The number of nitrogens with one attached hydrogen (secondary N) is 2. The fourth-order valence-electron chi connectivity index (χ4n) is 4.31. The minimum absolute atomic E-state index is 0.00229. The second-order valence-electron chi connectivity index (χ2n) is 8.31. The van der Waals surface area contributed by atoms with Crippen LogP contribution in [0.4, 0.5) is 5.69 Å². The number of aliphatic hydroxyl groups excluding tert-OH is 1. The van der Waals surface area contributed by atoms with Crippen molar-refractivity contribution >= 4 is 22.7 Å². The fraction of sp³-hybridized carbons (Fsp3) is 0.250. The Labute approximate surface area is 194 Å². The Hall–Kier alpha value is -3.41. The lowest BCUT2D eigenvalue weighted by atomic mass is 9.87. The summed E-state index contributed by atoms with van der Waals surface area (Å²) in [6.07, 6.45) is 3.24. The molecule has 1 atom stereocenters. The molecule has 1 fully saturated rings. The standard InChI is InChI=1S/C28H30N2O3/c31-19-5-8-25(20-6-2-1-3-7-20)27(22-12-16-24(32)17-13-22)21-10-14-23(15-11-21)30-28(33)26-9-4-18-29-26/h1-3,6-7,10-17,26,29,31-32H,4-5,8-9,18-19H2,(H,30,33)/b27-25+. The second kappa shape index (κ2) is 10.9. The molecular weight excluding hydrogens is 412 g/mol. The van der Waals surface area contributed by atoms with E-state index >= 15 is 0 Å². The van der Waals surface area contributed by atoms with Gasteiger partial charge in [0.05, 0.1) is 6.04 Å². The number of amides is 1. The Morgan fingerprint density at radius 1 is 0.909 bits per heavy atom. The highest BCUT2D eigenvalue weighted by Crippen LogP contribution is 2.36. The van der Waals surface area contributed by atoms with Gasteiger partial charge in [-0.25, -0.2) is 0 Å². The number of benzene rings is 3. The number of aliphatic hydroxyl groups is 1. The Morgan fingerprint density at radius 3 is 2.18 bits per heavy atom. The molecule has 1 aliphatic rings. The molecule has 0 spiro atoms. The molecule has 1 aliphatic heterocycles. The summed E-state index contributed by atoms with van der Waals surface area (Å²) in [6.45, 7) is 0.993. The average molecular weight is 443 g/mol. The van der Waals surface area contributed by atoms with Crippen LogP contribution in [0.1, 0.15) is 42.4 Å². The molecule has 3 aromatic carbocycles. The molecule has 1 amide bonds. The molecule has 170 valence electrons. The third-order valence-corrected chi connectivity index (χ3v) is 5.98. The van der Waals surface area contributed by atoms with Crippen molar-refractivity contribution < 1.29 is 15.0 Å². The van der Waals surface area contributed by atoms with Crippen LogP contribution < -0.4 is 10.6 Å². The van der Waals surface area contributed by atoms with Gasteiger partial charge in [0.1, 0.15) is 5.75 Å². The van der Waals surface area contributed by atoms with Gasteiger partial charge in [0.25, 0.3) is 0 Å². The van der Waals surface area contributed by atoms with E-state index in [1.807, 2.05) is 54.6 Å². The first-order chi connectivity index (χ1) is 16.2. The molecule has 4 N–H and O–H groups in total. The maximum atomic E-state index is 12.5. The summed E-state index contributed by atoms with van der Waals surface area (Å²) in [5, 5.41) is 25.6. The zero-order chi connectivity index (χ0) is 23.0. The van der Waals surface area contributed by atoms with Crippen molar-refractivity contribution in [3.05, 3.63) is 95.6 Å². The number of hydrogen-bond acceptors (Lipinski definition) is 4. The average Bonchev–Trinajstić information content (AvgIpc) is 3.39. The third-order valence-electron chi connectivity index (χ3n) is 5.98. The predicted octanol–water partition coefficient (Wildman–Crippen LogP) is 4.81. The van der Waals surface area contributed by atoms with E-state index in [1.165, 1.54) is 0 Å². The van der Waals surface area contributed by atoms with E-state index in [1.54, 1.807) is 12.1 Å². The van der Waals surface area contributed by atoms with E-state index < -0.39 is 0 Å². The van der Waals surface area contributed by atoms with Crippen molar-refractivity contribution in [2.24, 2.45) is 0 Å². The number of rotatable bonds is 8. The highest BCUT2D eigenvalue weighted by molar-refractivity contribution is 5.99. The molecule has 1 unspecified atom stereocenters. The van der Waals surface area contributed by atoms with Gasteiger partial charge < -0.3 is 20.8 Å². The maximum absolute atomic E-state index is 12.5. The van der Waals surface area contributed by atoms with E-state index in [0.29, 0.717) is 12.8 Å². The van der Waals surface area contributed by atoms with E-state index in [0.717, 1.165) is 52.9 Å². The second-order valence-corrected chi connectivity index (χ2v) is 8.31. The normalized spacial score (nSPS) is 16.3. The monoisotopic (exact) mass is 442 g/mol. The number of anilines is 1. The molecule has 33 heavy (non-hydrogen) atoms. The number of phenols is 1. The molecule has 5 heteroatoms. The van der Waals surface area contributed by atoms with Crippen LogP contribution in [0.2, 0.25) is 0 Å². The first kappa shape index (κ1) is 22.8. The summed E-state index contributed by atoms with van der Waals surface area (Å²) >= 11 is 0. The van der Waals surface area contributed by atoms with E-state index in [2.05, 4.69) is 22.8 Å². The molecule has 0 radical (unpaired) electrons. The van der Waals surface area contributed by atoms with Crippen LogP contribution in [0.25, 0.3) is 11.1 Å². The molecule has 5 nitrogen and oxygen atoms in total. The lowest BCUT2D eigenvalue weighted by Crippen LogP contribution is -2.35. The Kier molecular flexibility index (Phi) is 7.55. The molecular formula is C28H30N2O3. The summed E-state index contributed by atoms with van der Waals surface area (Å²) in [5.41, 5.74) is 6.02. The summed E-state index contributed by atoms with van der Waals surface area (Å²) in [7, 11) is 0. The molecule has 1 saturated heterocycles. The zero-order valence-corrected chi connectivity index (χ0v) is 18.6. The quantitative estimate of drug-likeness (QED) is 0.377. The summed E-state index contributed by atoms with van der Waals surface area (Å²) < 4.78 is 0. The Bertz CT molecular complexity index is 1080. The summed E-state index contributed by atoms with van der Waals surface area (Å²) in [4.78, 5) is 12.5. The van der Waals surface area contributed by atoms with Gasteiger partial charge in [-0.3, -0.25) is 4.79 Å². The topological polar surface area (TPSA) is 81.6 Å². The Morgan fingerprint density at radius 2 is 1.58 bits per heavy atom. The van der Waals surface area contributed by atoms with E-state index in [9.17, 15) is 15.0 Å². The lowest BCUT2D eigenvalue weighted by Gasteiger charge is -2.18. The first-order valence-electron chi connectivity index (χ1n) is 11.5. The van der Waals surface area contributed by atoms with Crippen LogP contribution in [0.3, 0.4) is 0 Å². The minimum atomic E-state index is -0.125. The number of carbonyl (C=O) groups is 1. The van der Waals surface area contributed by atoms with Crippen molar-refractivity contribution in [2.75, 3.05) is 18.5 Å². The first-order valence-corrected chi connectivity index (χ1v) is 11.5. The maximum Gasteiger partial charge on any atom is 0.241 e. The predicted molar refractivity (Wildman–Crippen MR) is 133 cm³/mol. The van der Waals surface area contributed by atoms with Gasteiger partial charge in [-0.1, -0.05) is 54.6 Å². The highest BCUT2D eigenvalue weighted by Gasteiger charge is 2.22. The van der Waals surface area contributed by atoms with Crippen molar-refractivity contribution in [1.29, 1.82) is 0 Å². The van der Waals surface area contributed by atoms with Crippen LogP contribution in [0, 0.1) is 0 Å². The number of hydrogen-bond donors (Lipinski definition) is 4. The van der Waals surface area contributed by atoms with Gasteiger partial charge in [0, 0.05) is 12.3 Å². The molecule has 3 aromatic rings. The van der Waals surface area contributed by atoms with Crippen LogP contribution in [-0.2, 0) is 4.79 Å². The Balaban J connectivity index is 1.73. The van der Waals surface area contributed by atoms with Crippen molar-refractivity contribution in [3.63, 3.8) is 0 Å². The molecule has 0 aromatic heterocycles. The fourth-order valence-corrected chi connectivity index (χ4v) is 4.31.